The average Bonchev–Trinajstić information content (AvgIpc) is 3.42. The van der Waals surface area contributed by atoms with Gasteiger partial charge in [0, 0.05) is 49.7 Å². The lowest BCUT2D eigenvalue weighted by atomic mass is 10.1. The smallest absolute Gasteiger partial charge is 0.193 e. The molecule has 0 spiro atoms. The summed E-state index contributed by atoms with van der Waals surface area (Å²) in [6.45, 7) is 4.48. The van der Waals surface area contributed by atoms with Gasteiger partial charge in [0.05, 0.1) is 13.2 Å². The number of ether oxygens (including phenoxy) is 1. The molecule has 0 radical (unpaired) electrons. The number of benzene rings is 2. The zero-order chi connectivity index (χ0) is 20.6. The third kappa shape index (κ3) is 6.46. The number of halogens is 1. The molecule has 1 saturated heterocycles. The molecule has 2 heterocycles. The predicted octanol–water partition coefficient (Wildman–Crippen LogP) is 4.83. The Hall–Kier alpha value is -2.06. The van der Waals surface area contributed by atoms with Crippen LogP contribution < -0.4 is 5.32 Å². The zero-order valence-electron chi connectivity index (χ0n) is 18.2. The summed E-state index contributed by atoms with van der Waals surface area (Å²) in [6, 6.07) is 18.9. The maximum atomic E-state index is 5.95. The summed E-state index contributed by atoms with van der Waals surface area (Å²) in [5.74, 6) is 1.58. The number of para-hydroxylation sites is 1. The van der Waals surface area contributed by atoms with Crippen LogP contribution in [0.3, 0.4) is 0 Å². The van der Waals surface area contributed by atoms with Crippen molar-refractivity contribution in [1.82, 2.24) is 15.2 Å². The molecule has 4 rings (SSSR count). The van der Waals surface area contributed by atoms with E-state index in [9.17, 15) is 0 Å². The fourth-order valence-electron chi connectivity index (χ4n) is 4.23. The number of hydrogen-bond donors (Lipinski definition) is 2. The van der Waals surface area contributed by atoms with Crippen LogP contribution >= 0.6 is 24.0 Å². The largest absolute Gasteiger partial charge is 0.376 e. The summed E-state index contributed by atoms with van der Waals surface area (Å²) >= 11 is 0. The lowest BCUT2D eigenvalue weighted by Crippen LogP contribution is -2.40. The molecule has 3 aromatic rings. The number of aromatic nitrogens is 1. The van der Waals surface area contributed by atoms with Gasteiger partial charge in [0.2, 0.25) is 0 Å². The Morgan fingerprint density at radius 1 is 1.16 bits per heavy atom. The van der Waals surface area contributed by atoms with Crippen LogP contribution in [0.5, 0.6) is 0 Å². The van der Waals surface area contributed by atoms with E-state index in [2.05, 4.69) is 74.9 Å². The lowest BCUT2D eigenvalue weighted by molar-refractivity contribution is 0.0907. The maximum Gasteiger partial charge on any atom is 0.193 e. The Morgan fingerprint density at radius 2 is 1.97 bits per heavy atom. The molecule has 0 bridgehead atoms. The van der Waals surface area contributed by atoms with Gasteiger partial charge in [-0.05, 0) is 36.5 Å². The van der Waals surface area contributed by atoms with Crippen molar-refractivity contribution in [1.29, 1.82) is 0 Å². The Kier molecular flexibility index (Phi) is 9.21. The van der Waals surface area contributed by atoms with Gasteiger partial charge in [-0.25, -0.2) is 0 Å². The third-order valence-corrected chi connectivity index (χ3v) is 5.84. The van der Waals surface area contributed by atoms with E-state index in [1.165, 1.54) is 22.0 Å². The zero-order valence-corrected chi connectivity index (χ0v) is 20.5. The number of rotatable bonds is 8. The second kappa shape index (κ2) is 12.1. The fraction of sp³-hybridized carbons (Fsp3) is 0.400. The first-order valence-corrected chi connectivity index (χ1v) is 11.0. The maximum absolute atomic E-state index is 5.95. The van der Waals surface area contributed by atoms with E-state index >= 15 is 0 Å². The van der Waals surface area contributed by atoms with Crippen molar-refractivity contribution >= 4 is 40.8 Å². The van der Waals surface area contributed by atoms with Crippen molar-refractivity contribution in [3.05, 3.63) is 71.9 Å². The second-order valence-corrected chi connectivity index (χ2v) is 8.04. The highest BCUT2D eigenvalue weighted by Gasteiger charge is 2.24. The molecule has 6 heteroatoms. The average molecular weight is 532 g/mol. The SMILES string of the molecule is CN=C(NCCCc1c[nH]c2ccccc12)N1CCC(COCc2ccccc2)C1.I. The van der Waals surface area contributed by atoms with Crippen molar-refractivity contribution in [2.24, 2.45) is 10.9 Å². The monoisotopic (exact) mass is 532 g/mol. The van der Waals surface area contributed by atoms with Crippen LogP contribution in [0.2, 0.25) is 0 Å². The van der Waals surface area contributed by atoms with Crippen LogP contribution in [-0.2, 0) is 17.8 Å². The highest BCUT2D eigenvalue weighted by molar-refractivity contribution is 14.0. The van der Waals surface area contributed by atoms with Crippen LogP contribution in [-0.4, -0.2) is 49.1 Å². The molecule has 2 aromatic carbocycles. The Bertz CT molecular complexity index is 956. The van der Waals surface area contributed by atoms with Crippen LogP contribution in [0.25, 0.3) is 10.9 Å². The lowest BCUT2D eigenvalue weighted by Gasteiger charge is -2.21. The first-order valence-electron chi connectivity index (χ1n) is 11.0. The molecule has 1 unspecified atom stereocenters. The van der Waals surface area contributed by atoms with Gasteiger partial charge in [-0.1, -0.05) is 48.5 Å². The Balaban J connectivity index is 0.00000272. The molecule has 2 N–H and O–H groups in total. The molecule has 1 atom stereocenters. The summed E-state index contributed by atoms with van der Waals surface area (Å²) in [4.78, 5) is 10.2. The Labute approximate surface area is 202 Å². The van der Waals surface area contributed by atoms with Gasteiger partial charge in [-0.3, -0.25) is 4.99 Å². The predicted molar refractivity (Wildman–Crippen MR) is 139 cm³/mol. The fourth-order valence-corrected chi connectivity index (χ4v) is 4.23. The van der Waals surface area contributed by atoms with E-state index in [0.29, 0.717) is 12.5 Å². The molecule has 31 heavy (non-hydrogen) atoms. The highest BCUT2D eigenvalue weighted by atomic mass is 127. The summed E-state index contributed by atoms with van der Waals surface area (Å²) < 4.78 is 5.95. The van der Waals surface area contributed by atoms with Crippen LogP contribution in [0.4, 0.5) is 0 Å². The first-order chi connectivity index (χ1) is 14.8. The van der Waals surface area contributed by atoms with Crippen molar-refractivity contribution in [3.8, 4) is 0 Å². The van der Waals surface area contributed by atoms with E-state index in [-0.39, 0.29) is 24.0 Å². The minimum atomic E-state index is 0. The van der Waals surface area contributed by atoms with E-state index in [1.807, 2.05) is 13.1 Å². The number of aromatic amines is 1. The van der Waals surface area contributed by atoms with Gasteiger partial charge in [-0.15, -0.1) is 24.0 Å². The molecule has 0 aliphatic carbocycles. The van der Waals surface area contributed by atoms with Gasteiger partial charge in [-0.2, -0.15) is 0 Å². The van der Waals surface area contributed by atoms with Gasteiger partial charge in [0.15, 0.2) is 5.96 Å². The van der Waals surface area contributed by atoms with E-state index in [0.717, 1.165) is 51.5 Å². The summed E-state index contributed by atoms with van der Waals surface area (Å²) in [7, 11) is 1.88. The number of aliphatic imine (C=N–C) groups is 1. The molecule has 0 amide bonds. The number of nitrogens with one attached hydrogen (secondary N) is 2. The molecule has 5 nitrogen and oxygen atoms in total. The molecule has 166 valence electrons. The highest BCUT2D eigenvalue weighted by Crippen LogP contribution is 2.19. The molecule has 1 fully saturated rings. The minimum absolute atomic E-state index is 0. The van der Waals surface area contributed by atoms with Crippen molar-refractivity contribution in [2.45, 2.75) is 25.9 Å². The van der Waals surface area contributed by atoms with Crippen molar-refractivity contribution in [3.63, 3.8) is 0 Å². The van der Waals surface area contributed by atoms with Crippen LogP contribution in [0.1, 0.15) is 24.0 Å². The minimum Gasteiger partial charge on any atom is -0.376 e. The molecule has 1 aliphatic heterocycles. The molecule has 0 saturated carbocycles. The summed E-state index contributed by atoms with van der Waals surface area (Å²) in [5.41, 5.74) is 3.84. The number of hydrogen-bond acceptors (Lipinski definition) is 2. The van der Waals surface area contributed by atoms with Gasteiger partial charge < -0.3 is 19.9 Å². The number of likely N-dealkylation sites (tertiary alicyclic amines) is 1. The standard InChI is InChI=1S/C25H32N4O.HI/c1-26-25(27-14-7-10-22-16-28-24-12-6-5-11-23(22)24)29-15-13-21(17-29)19-30-18-20-8-3-2-4-9-20;/h2-6,8-9,11-12,16,21,28H,7,10,13-15,17-19H2,1H3,(H,26,27);1H. The van der Waals surface area contributed by atoms with Crippen LogP contribution in [0, 0.1) is 5.92 Å². The van der Waals surface area contributed by atoms with Gasteiger partial charge in [0.25, 0.3) is 0 Å². The number of fused-ring (bicyclic) bond motifs is 1. The number of guanidine groups is 1. The molecular weight excluding hydrogens is 499 g/mol. The summed E-state index contributed by atoms with van der Waals surface area (Å²) in [6.07, 6.45) is 5.44. The van der Waals surface area contributed by atoms with E-state index in [4.69, 9.17) is 4.74 Å². The third-order valence-electron chi connectivity index (χ3n) is 5.84. The van der Waals surface area contributed by atoms with Crippen LogP contribution in [0.15, 0.2) is 65.8 Å². The second-order valence-electron chi connectivity index (χ2n) is 8.04. The van der Waals surface area contributed by atoms with Gasteiger partial charge >= 0.3 is 0 Å². The summed E-state index contributed by atoms with van der Waals surface area (Å²) in [5, 5.41) is 4.88. The quantitative estimate of drug-likeness (QED) is 0.189. The first kappa shape index (κ1) is 23.6. The van der Waals surface area contributed by atoms with E-state index < -0.39 is 0 Å². The topological polar surface area (TPSA) is 52.7 Å². The van der Waals surface area contributed by atoms with Crippen molar-refractivity contribution in [2.75, 3.05) is 33.3 Å². The van der Waals surface area contributed by atoms with Crippen molar-refractivity contribution < 1.29 is 4.74 Å². The van der Waals surface area contributed by atoms with E-state index in [1.54, 1.807) is 0 Å². The number of aryl methyl sites for hydroxylation is 1. The number of H-pyrrole nitrogens is 1. The molecule has 1 aliphatic rings. The number of nitrogens with zero attached hydrogens (tertiary/aromatic N) is 2. The molecule has 1 aromatic heterocycles. The normalized spacial score (nSPS) is 16.5. The van der Waals surface area contributed by atoms with Gasteiger partial charge in [0.1, 0.15) is 0 Å². The molecular formula is C25H33IN4O. The Morgan fingerprint density at radius 3 is 2.81 bits per heavy atom.